The van der Waals surface area contributed by atoms with Crippen LogP contribution in [0.5, 0.6) is 0 Å². The van der Waals surface area contributed by atoms with Gasteiger partial charge in [-0.15, -0.1) is 0 Å². The maximum Gasteiger partial charge on any atom is 0.337 e. The summed E-state index contributed by atoms with van der Waals surface area (Å²) in [5.41, 5.74) is 4.02. The van der Waals surface area contributed by atoms with Crippen molar-refractivity contribution in [2.24, 2.45) is 5.73 Å². The Morgan fingerprint density at radius 1 is 1.26 bits per heavy atom. The van der Waals surface area contributed by atoms with Crippen LogP contribution < -0.4 is 5.73 Å². The highest BCUT2D eigenvalue weighted by molar-refractivity contribution is 5.84. The fraction of sp³-hybridized carbons (Fsp3) is 0.385. The summed E-state index contributed by atoms with van der Waals surface area (Å²) in [6.45, 7) is 1.65. The molecule has 0 saturated carbocycles. The molecule has 104 valence electrons. The minimum Gasteiger partial charge on any atom is -0.481 e. The number of benzene rings is 1. The summed E-state index contributed by atoms with van der Waals surface area (Å²) < 4.78 is 0. The van der Waals surface area contributed by atoms with Crippen molar-refractivity contribution in [3.05, 3.63) is 35.9 Å². The van der Waals surface area contributed by atoms with E-state index in [1.54, 1.807) is 37.3 Å². The van der Waals surface area contributed by atoms with Gasteiger partial charge >= 0.3 is 11.9 Å². The summed E-state index contributed by atoms with van der Waals surface area (Å²) in [4.78, 5) is 21.8. The van der Waals surface area contributed by atoms with E-state index in [0.29, 0.717) is 0 Å². The van der Waals surface area contributed by atoms with E-state index in [2.05, 4.69) is 0 Å². The first kappa shape index (κ1) is 15.1. The molecule has 0 aliphatic heterocycles. The smallest absolute Gasteiger partial charge is 0.337 e. The number of aliphatic carboxylic acids is 2. The Morgan fingerprint density at radius 3 is 2.21 bits per heavy atom. The lowest BCUT2D eigenvalue weighted by atomic mass is 9.80. The normalized spacial score (nSPS) is 17.2. The first-order valence-electron chi connectivity index (χ1n) is 5.77. The van der Waals surface area contributed by atoms with Crippen molar-refractivity contribution in [2.75, 3.05) is 0 Å². The van der Waals surface area contributed by atoms with Gasteiger partial charge in [0.25, 0.3) is 0 Å². The molecular weight excluding hydrogens is 250 g/mol. The molecule has 0 aliphatic rings. The molecular formula is C13H17NO5. The zero-order chi connectivity index (χ0) is 14.6. The molecule has 0 fully saturated rings. The number of nitrogens with two attached hydrogens (primary N) is 1. The molecule has 19 heavy (non-hydrogen) atoms. The van der Waals surface area contributed by atoms with Crippen LogP contribution in [0.3, 0.4) is 0 Å². The number of hydrogen-bond acceptors (Lipinski definition) is 4. The van der Waals surface area contributed by atoms with E-state index in [1.807, 2.05) is 0 Å². The van der Waals surface area contributed by atoms with Gasteiger partial charge in [0.15, 0.2) is 5.60 Å². The van der Waals surface area contributed by atoms with Gasteiger partial charge in [0, 0.05) is 0 Å². The number of carboxylic acid groups (broad SMARTS) is 2. The van der Waals surface area contributed by atoms with Crippen LogP contribution in [0.4, 0.5) is 0 Å². The maximum absolute atomic E-state index is 11.1. The van der Waals surface area contributed by atoms with Gasteiger partial charge in [-0.05, 0) is 11.5 Å². The largest absolute Gasteiger partial charge is 0.481 e. The highest BCUT2D eigenvalue weighted by Gasteiger charge is 2.46. The van der Waals surface area contributed by atoms with E-state index in [1.165, 1.54) is 0 Å². The number of carboxylic acids is 2. The molecule has 3 atom stereocenters. The van der Waals surface area contributed by atoms with Crippen LogP contribution in [0.2, 0.25) is 0 Å². The van der Waals surface area contributed by atoms with Crippen molar-refractivity contribution in [3.8, 4) is 0 Å². The molecule has 5 N–H and O–H groups in total. The third kappa shape index (κ3) is 3.30. The second-order valence-corrected chi connectivity index (χ2v) is 4.53. The first-order valence-corrected chi connectivity index (χ1v) is 5.77. The Morgan fingerprint density at radius 2 is 1.79 bits per heavy atom. The van der Waals surface area contributed by atoms with Crippen molar-refractivity contribution in [1.29, 1.82) is 0 Å². The predicted molar refractivity (Wildman–Crippen MR) is 67.7 cm³/mol. The Kier molecular flexibility index (Phi) is 4.63. The number of carbonyl (C=O) groups is 2. The van der Waals surface area contributed by atoms with E-state index in [-0.39, 0.29) is 0 Å². The molecule has 6 nitrogen and oxygen atoms in total. The van der Waals surface area contributed by atoms with Gasteiger partial charge in [0.2, 0.25) is 0 Å². The Labute approximate surface area is 110 Å². The van der Waals surface area contributed by atoms with Gasteiger partial charge in [-0.2, -0.15) is 0 Å². The predicted octanol–water partition coefficient (Wildman–Crippen LogP) is 0.408. The van der Waals surface area contributed by atoms with Crippen LogP contribution in [0.25, 0.3) is 0 Å². The minimum atomic E-state index is -2.50. The molecule has 1 aromatic rings. The lowest BCUT2D eigenvalue weighted by Gasteiger charge is -2.32. The quantitative estimate of drug-likeness (QED) is 0.592. The second kappa shape index (κ2) is 5.81. The van der Waals surface area contributed by atoms with Crippen LogP contribution in [0.1, 0.15) is 24.8 Å². The number of hydrogen-bond donors (Lipinski definition) is 4. The van der Waals surface area contributed by atoms with E-state index < -0.39 is 35.9 Å². The average Bonchev–Trinajstić information content (AvgIpc) is 2.36. The van der Waals surface area contributed by atoms with Gasteiger partial charge in [-0.25, -0.2) is 4.79 Å². The summed E-state index contributed by atoms with van der Waals surface area (Å²) >= 11 is 0. The molecule has 0 radical (unpaired) electrons. The summed E-state index contributed by atoms with van der Waals surface area (Å²) in [5, 5.41) is 27.8. The molecule has 1 rings (SSSR count). The Bertz CT molecular complexity index is 461. The standard InChI is InChI=1S/C13H17NO5/c1-8(9-5-3-2-4-6-9)11(14)13(19,12(17)18)7-10(15)16/h2-6,8,11,19H,7,14H2,1H3,(H,15,16)(H,17,18)/t8?,11?,13-/m1/s1. The van der Waals surface area contributed by atoms with Gasteiger partial charge in [0.05, 0.1) is 12.5 Å². The van der Waals surface area contributed by atoms with Gasteiger partial charge in [0.1, 0.15) is 0 Å². The molecule has 1 aromatic carbocycles. The van der Waals surface area contributed by atoms with Gasteiger partial charge in [-0.3, -0.25) is 4.79 Å². The molecule has 6 heteroatoms. The van der Waals surface area contributed by atoms with E-state index in [9.17, 15) is 14.7 Å². The summed E-state index contributed by atoms with van der Waals surface area (Å²) in [5.74, 6) is -3.55. The van der Waals surface area contributed by atoms with Crippen LogP contribution in [0, 0.1) is 0 Å². The fourth-order valence-electron chi connectivity index (χ4n) is 1.94. The van der Waals surface area contributed by atoms with Crippen molar-refractivity contribution in [1.82, 2.24) is 0 Å². The van der Waals surface area contributed by atoms with Crippen LogP contribution in [-0.4, -0.2) is 38.9 Å². The summed E-state index contributed by atoms with van der Waals surface area (Å²) in [7, 11) is 0. The van der Waals surface area contributed by atoms with Gasteiger partial charge in [-0.1, -0.05) is 37.3 Å². The summed E-state index contributed by atoms with van der Waals surface area (Å²) in [6, 6.07) is 7.57. The molecule has 0 amide bonds. The lowest BCUT2D eigenvalue weighted by Crippen LogP contribution is -2.57. The topological polar surface area (TPSA) is 121 Å². The zero-order valence-corrected chi connectivity index (χ0v) is 10.5. The maximum atomic E-state index is 11.1. The monoisotopic (exact) mass is 267 g/mol. The van der Waals surface area contributed by atoms with Crippen molar-refractivity contribution >= 4 is 11.9 Å². The number of rotatable bonds is 6. The van der Waals surface area contributed by atoms with Crippen molar-refractivity contribution in [2.45, 2.75) is 30.9 Å². The van der Waals surface area contributed by atoms with E-state index in [4.69, 9.17) is 15.9 Å². The molecule has 0 spiro atoms. The molecule has 0 bridgehead atoms. The molecule has 0 heterocycles. The van der Waals surface area contributed by atoms with Crippen LogP contribution in [-0.2, 0) is 9.59 Å². The highest BCUT2D eigenvalue weighted by atomic mass is 16.4. The zero-order valence-electron chi connectivity index (χ0n) is 10.5. The van der Waals surface area contributed by atoms with Crippen LogP contribution in [0.15, 0.2) is 30.3 Å². The second-order valence-electron chi connectivity index (χ2n) is 4.53. The van der Waals surface area contributed by atoms with E-state index >= 15 is 0 Å². The third-order valence-corrected chi connectivity index (χ3v) is 3.21. The third-order valence-electron chi connectivity index (χ3n) is 3.21. The average molecular weight is 267 g/mol. The van der Waals surface area contributed by atoms with Crippen molar-refractivity contribution < 1.29 is 24.9 Å². The minimum absolute atomic E-state index is 0.498. The van der Waals surface area contributed by atoms with Crippen LogP contribution >= 0.6 is 0 Å². The highest BCUT2D eigenvalue weighted by Crippen LogP contribution is 2.27. The molecule has 0 aliphatic carbocycles. The Hall–Kier alpha value is -1.92. The van der Waals surface area contributed by atoms with Crippen molar-refractivity contribution in [3.63, 3.8) is 0 Å². The molecule has 0 saturated heterocycles. The van der Waals surface area contributed by atoms with Gasteiger partial charge < -0.3 is 21.1 Å². The fourth-order valence-corrected chi connectivity index (χ4v) is 1.94. The molecule has 2 unspecified atom stereocenters. The number of aliphatic hydroxyl groups is 1. The first-order chi connectivity index (χ1) is 8.79. The summed E-state index contributed by atoms with van der Waals surface area (Å²) in [6.07, 6.45) is -0.944. The Balaban J connectivity index is 3.03. The lowest BCUT2D eigenvalue weighted by molar-refractivity contribution is -0.168. The van der Waals surface area contributed by atoms with E-state index in [0.717, 1.165) is 5.56 Å². The molecule has 0 aromatic heterocycles. The SMILES string of the molecule is CC(c1ccccc1)C(N)[C@](O)(CC(=O)O)C(=O)O.